The van der Waals surface area contributed by atoms with E-state index in [-0.39, 0.29) is 0 Å². The first kappa shape index (κ1) is 18.7. The topological polar surface area (TPSA) is 17.1 Å². The highest BCUT2D eigenvalue weighted by molar-refractivity contribution is 6.87. The molecule has 0 heterocycles. The highest BCUT2D eigenvalue weighted by atomic mass is 28.3. The summed E-state index contributed by atoms with van der Waals surface area (Å²) in [6, 6.07) is 10.1. The van der Waals surface area contributed by atoms with Gasteiger partial charge in [0.25, 0.3) is 0 Å². The quantitative estimate of drug-likeness (QED) is 0.272. The van der Waals surface area contributed by atoms with Crippen molar-refractivity contribution in [1.82, 2.24) is 0 Å². The van der Waals surface area contributed by atoms with E-state index in [4.69, 9.17) is 0 Å². The number of allylic oxidation sites excluding steroid dienone is 1. The minimum atomic E-state index is -1.64. The predicted molar refractivity (Wildman–Crippen MR) is 98.9 cm³/mol. The first-order valence-corrected chi connectivity index (χ1v) is 10.6. The number of carbonyl (C=O) groups excluding carboxylic acids is 1. The molecule has 0 spiro atoms. The zero-order chi connectivity index (χ0) is 16.8. The molecule has 0 fully saturated rings. The number of hydrogen-bond acceptors (Lipinski definition) is 1. The van der Waals surface area contributed by atoms with Gasteiger partial charge in [0, 0.05) is 12.0 Å². The summed E-state index contributed by atoms with van der Waals surface area (Å²) in [5.41, 5.74) is 9.54. The maximum atomic E-state index is 11.4. The Kier molecular flexibility index (Phi) is 7.05. The lowest BCUT2D eigenvalue weighted by atomic mass is 10.1. The van der Waals surface area contributed by atoms with Crippen molar-refractivity contribution in [2.24, 2.45) is 0 Å². The molecule has 1 rings (SSSR count). The maximum Gasteiger partial charge on any atom is 0.154 e. The van der Waals surface area contributed by atoms with Crippen LogP contribution in [0.2, 0.25) is 16.6 Å². The fourth-order valence-electron chi connectivity index (χ4n) is 3.66. The Balaban J connectivity index is 3.21. The van der Waals surface area contributed by atoms with Gasteiger partial charge in [0.05, 0.1) is 8.07 Å². The molecule has 0 N–H and O–H groups in total. The summed E-state index contributed by atoms with van der Waals surface area (Å²) in [5.74, 6) is 0. The van der Waals surface area contributed by atoms with Crippen LogP contribution in [0.25, 0.3) is 0 Å². The SMILES string of the molecule is CC(C)[Si](C=C=C(C=O)Cc1ccccc1)(C(C)C)C(C)C. The number of rotatable bonds is 7. The summed E-state index contributed by atoms with van der Waals surface area (Å²) in [7, 11) is -1.64. The third-order valence-corrected chi connectivity index (χ3v) is 11.5. The van der Waals surface area contributed by atoms with Gasteiger partial charge in [0.15, 0.2) is 6.29 Å². The van der Waals surface area contributed by atoms with Crippen molar-refractivity contribution in [3.05, 3.63) is 52.9 Å². The standard InChI is InChI=1S/C20H30OSi/c1-16(2)22(17(3)4,18(5)6)13-12-20(15-21)14-19-10-8-7-9-11-19/h7-11,13,15-18H,14H2,1-6H3. The molecule has 0 radical (unpaired) electrons. The van der Waals surface area contributed by atoms with E-state index in [1.807, 2.05) is 18.2 Å². The molecule has 0 saturated carbocycles. The van der Waals surface area contributed by atoms with Crippen LogP contribution in [-0.4, -0.2) is 14.4 Å². The molecule has 0 aliphatic rings. The van der Waals surface area contributed by atoms with Crippen molar-refractivity contribution in [2.45, 2.75) is 64.6 Å². The Morgan fingerprint density at radius 1 is 1.00 bits per heavy atom. The zero-order valence-corrected chi connectivity index (χ0v) is 15.9. The lowest BCUT2D eigenvalue weighted by Gasteiger charge is -2.39. The Bertz CT molecular complexity index is 512. The molecule has 0 aromatic heterocycles. The maximum absolute atomic E-state index is 11.4. The van der Waals surface area contributed by atoms with E-state index in [9.17, 15) is 4.79 Å². The summed E-state index contributed by atoms with van der Waals surface area (Å²) in [6.45, 7) is 13.9. The van der Waals surface area contributed by atoms with Gasteiger partial charge in [-0.25, -0.2) is 0 Å². The second-order valence-electron chi connectivity index (χ2n) is 7.06. The molecule has 2 heteroatoms. The summed E-state index contributed by atoms with van der Waals surface area (Å²) in [5, 5.41) is 0. The van der Waals surface area contributed by atoms with Crippen LogP contribution in [0.5, 0.6) is 0 Å². The van der Waals surface area contributed by atoms with Crippen LogP contribution in [0.15, 0.2) is 47.3 Å². The minimum Gasteiger partial charge on any atom is -0.298 e. The molecule has 0 atom stereocenters. The molecule has 120 valence electrons. The molecule has 1 aromatic rings. The molecule has 0 saturated heterocycles. The smallest absolute Gasteiger partial charge is 0.154 e. The van der Waals surface area contributed by atoms with E-state index < -0.39 is 8.07 Å². The van der Waals surface area contributed by atoms with E-state index >= 15 is 0 Å². The number of aldehydes is 1. The van der Waals surface area contributed by atoms with Gasteiger partial charge in [-0.05, 0) is 22.2 Å². The van der Waals surface area contributed by atoms with Crippen LogP contribution in [0.1, 0.15) is 47.1 Å². The molecule has 0 unspecified atom stereocenters. The third-order valence-electron chi connectivity index (χ3n) is 4.89. The fourth-order valence-corrected chi connectivity index (χ4v) is 9.10. The van der Waals surface area contributed by atoms with E-state index in [1.165, 1.54) is 0 Å². The third kappa shape index (κ3) is 4.31. The lowest BCUT2D eigenvalue weighted by Crippen LogP contribution is -2.42. The zero-order valence-electron chi connectivity index (χ0n) is 14.9. The molecular weight excluding hydrogens is 284 g/mol. The minimum absolute atomic E-state index is 0.643. The van der Waals surface area contributed by atoms with Crippen molar-refractivity contribution in [3.63, 3.8) is 0 Å². The van der Waals surface area contributed by atoms with Crippen LogP contribution >= 0.6 is 0 Å². The molecule has 0 amide bonds. The molecular formula is C20H30OSi. The van der Waals surface area contributed by atoms with Gasteiger partial charge in [0.1, 0.15) is 0 Å². The summed E-state index contributed by atoms with van der Waals surface area (Å²) in [6.07, 6.45) is 1.63. The largest absolute Gasteiger partial charge is 0.298 e. The second kappa shape index (κ2) is 8.31. The Morgan fingerprint density at radius 2 is 1.50 bits per heavy atom. The molecule has 22 heavy (non-hydrogen) atoms. The highest BCUT2D eigenvalue weighted by Gasteiger charge is 2.40. The fraction of sp³-hybridized carbons (Fsp3) is 0.500. The van der Waals surface area contributed by atoms with Crippen LogP contribution in [0.4, 0.5) is 0 Å². The number of carbonyl (C=O) groups is 1. The molecule has 0 bridgehead atoms. The second-order valence-corrected chi connectivity index (χ2v) is 12.8. The summed E-state index contributed by atoms with van der Waals surface area (Å²) >= 11 is 0. The van der Waals surface area contributed by atoms with Gasteiger partial charge in [0.2, 0.25) is 0 Å². The van der Waals surface area contributed by atoms with Gasteiger partial charge in [-0.2, -0.15) is 0 Å². The monoisotopic (exact) mass is 314 g/mol. The van der Waals surface area contributed by atoms with Crippen molar-refractivity contribution in [2.75, 3.05) is 0 Å². The van der Waals surface area contributed by atoms with E-state index in [1.54, 1.807) is 0 Å². The Labute approximate surface area is 137 Å². The molecule has 1 nitrogen and oxygen atoms in total. The van der Waals surface area contributed by atoms with Crippen LogP contribution < -0.4 is 0 Å². The summed E-state index contributed by atoms with van der Waals surface area (Å²) < 4.78 is 0. The average molecular weight is 315 g/mol. The van der Waals surface area contributed by atoms with Gasteiger partial charge < -0.3 is 0 Å². The normalized spacial score (nSPS) is 11.7. The first-order valence-electron chi connectivity index (χ1n) is 8.30. The van der Waals surface area contributed by atoms with Crippen LogP contribution in [-0.2, 0) is 11.2 Å². The Hall–Kier alpha value is -1.37. The van der Waals surface area contributed by atoms with Crippen molar-refractivity contribution in [3.8, 4) is 0 Å². The highest BCUT2D eigenvalue weighted by Crippen LogP contribution is 2.42. The summed E-state index contributed by atoms with van der Waals surface area (Å²) in [4.78, 5) is 11.4. The van der Waals surface area contributed by atoms with Gasteiger partial charge in [-0.1, -0.05) is 77.6 Å². The number of benzene rings is 1. The predicted octanol–water partition coefficient (Wildman–Crippen LogP) is 5.73. The van der Waals surface area contributed by atoms with E-state index in [2.05, 4.69) is 65.1 Å². The van der Waals surface area contributed by atoms with Crippen molar-refractivity contribution in [1.29, 1.82) is 0 Å². The first-order chi connectivity index (χ1) is 10.3. The van der Waals surface area contributed by atoms with Crippen molar-refractivity contribution < 1.29 is 4.79 Å². The van der Waals surface area contributed by atoms with E-state index in [0.717, 1.165) is 17.4 Å². The average Bonchev–Trinajstić information content (AvgIpc) is 2.46. The number of hydrogen-bond donors (Lipinski definition) is 0. The van der Waals surface area contributed by atoms with Crippen LogP contribution in [0.3, 0.4) is 0 Å². The Morgan fingerprint density at radius 3 is 1.91 bits per heavy atom. The van der Waals surface area contributed by atoms with E-state index in [0.29, 0.717) is 23.0 Å². The molecule has 1 aromatic carbocycles. The van der Waals surface area contributed by atoms with Crippen LogP contribution in [0, 0.1) is 0 Å². The molecule has 0 aliphatic heterocycles. The van der Waals surface area contributed by atoms with Gasteiger partial charge in [-0.15, -0.1) is 5.73 Å². The van der Waals surface area contributed by atoms with Gasteiger partial charge >= 0.3 is 0 Å². The van der Waals surface area contributed by atoms with Gasteiger partial charge in [-0.3, -0.25) is 4.79 Å². The molecule has 0 aliphatic carbocycles. The lowest BCUT2D eigenvalue weighted by molar-refractivity contribution is -0.105. The van der Waals surface area contributed by atoms with Crippen molar-refractivity contribution >= 4 is 14.4 Å².